The molecule has 110 valence electrons. The second kappa shape index (κ2) is 9.35. The van der Waals surface area contributed by atoms with E-state index in [2.05, 4.69) is 10.6 Å². The first kappa shape index (κ1) is 17.4. The molecule has 19 heavy (non-hydrogen) atoms. The minimum Gasteiger partial charge on any atom is -0.369 e. The van der Waals surface area contributed by atoms with Gasteiger partial charge in [0.05, 0.1) is 5.92 Å². The highest BCUT2D eigenvalue weighted by Crippen LogP contribution is 2.31. The molecule has 1 fully saturated rings. The van der Waals surface area contributed by atoms with Crippen LogP contribution in [0, 0.1) is 11.8 Å². The first-order valence-corrected chi connectivity index (χ1v) is 6.79. The van der Waals surface area contributed by atoms with E-state index in [1.807, 2.05) is 13.8 Å². The Morgan fingerprint density at radius 2 is 1.95 bits per heavy atom. The third-order valence-electron chi connectivity index (χ3n) is 3.38. The fourth-order valence-corrected chi connectivity index (χ4v) is 2.51. The van der Waals surface area contributed by atoms with Crippen LogP contribution in [0.2, 0.25) is 0 Å². The summed E-state index contributed by atoms with van der Waals surface area (Å²) >= 11 is 0. The number of carbonyl (C=O) groups excluding carboxylic acids is 3. The molecule has 3 unspecified atom stereocenters. The van der Waals surface area contributed by atoms with Gasteiger partial charge in [-0.2, -0.15) is 0 Å². The van der Waals surface area contributed by atoms with Crippen LogP contribution in [0.15, 0.2) is 0 Å². The van der Waals surface area contributed by atoms with E-state index in [4.69, 9.17) is 5.73 Å². The van der Waals surface area contributed by atoms with Crippen molar-refractivity contribution in [2.75, 3.05) is 7.05 Å². The summed E-state index contributed by atoms with van der Waals surface area (Å²) in [7, 11) is 1.57. The van der Waals surface area contributed by atoms with Crippen molar-refractivity contribution >= 4 is 18.2 Å². The third kappa shape index (κ3) is 5.28. The second-order valence-corrected chi connectivity index (χ2v) is 4.39. The summed E-state index contributed by atoms with van der Waals surface area (Å²) in [4.78, 5) is 33.2. The molecule has 1 rings (SSSR count). The van der Waals surface area contributed by atoms with Crippen LogP contribution in [0.5, 0.6) is 0 Å². The van der Waals surface area contributed by atoms with Gasteiger partial charge in [0.1, 0.15) is 0 Å². The number of hydrogen-bond acceptors (Lipinski definition) is 3. The lowest BCUT2D eigenvalue weighted by Crippen LogP contribution is -2.50. The summed E-state index contributed by atoms with van der Waals surface area (Å²) in [5, 5.41) is 5.18. The van der Waals surface area contributed by atoms with Gasteiger partial charge in [-0.3, -0.25) is 14.4 Å². The van der Waals surface area contributed by atoms with Crippen LogP contribution in [-0.2, 0) is 14.4 Å². The Morgan fingerprint density at radius 1 is 1.32 bits per heavy atom. The smallest absolute Gasteiger partial charge is 0.222 e. The van der Waals surface area contributed by atoms with E-state index in [9.17, 15) is 14.4 Å². The molecule has 0 bridgehead atoms. The lowest BCUT2D eigenvalue weighted by Gasteiger charge is -2.35. The maximum atomic E-state index is 11.4. The predicted molar refractivity (Wildman–Crippen MR) is 73.0 cm³/mol. The Labute approximate surface area is 114 Å². The van der Waals surface area contributed by atoms with Gasteiger partial charge < -0.3 is 16.4 Å². The Bertz CT molecular complexity index is 308. The number of nitrogens with two attached hydrogens (primary N) is 1. The number of hydrogen-bond donors (Lipinski definition) is 3. The monoisotopic (exact) mass is 271 g/mol. The van der Waals surface area contributed by atoms with E-state index >= 15 is 0 Å². The lowest BCUT2D eigenvalue weighted by atomic mass is 9.75. The molecule has 6 nitrogen and oxygen atoms in total. The summed E-state index contributed by atoms with van der Waals surface area (Å²) in [6.07, 6.45) is 3.23. The van der Waals surface area contributed by atoms with Crippen molar-refractivity contribution in [3.05, 3.63) is 0 Å². The highest BCUT2D eigenvalue weighted by atomic mass is 16.2. The van der Waals surface area contributed by atoms with E-state index < -0.39 is 5.91 Å². The molecule has 0 heterocycles. The van der Waals surface area contributed by atoms with Crippen molar-refractivity contribution < 1.29 is 14.4 Å². The Balaban J connectivity index is 0.00000154. The molecule has 0 spiro atoms. The summed E-state index contributed by atoms with van der Waals surface area (Å²) in [6.45, 7) is 4.00. The van der Waals surface area contributed by atoms with E-state index in [1.165, 1.54) is 0 Å². The minimum absolute atomic E-state index is 0.0219. The molecule has 1 aliphatic rings. The van der Waals surface area contributed by atoms with Crippen LogP contribution in [0.25, 0.3) is 0 Å². The molecule has 6 heteroatoms. The van der Waals surface area contributed by atoms with Crippen molar-refractivity contribution in [3.63, 3.8) is 0 Å². The Kier molecular flexibility index (Phi) is 8.57. The molecule has 0 aromatic heterocycles. The molecule has 4 N–H and O–H groups in total. The number of rotatable bonds is 5. The van der Waals surface area contributed by atoms with Crippen molar-refractivity contribution in [2.45, 2.75) is 45.6 Å². The molecular weight excluding hydrogens is 246 g/mol. The van der Waals surface area contributed by atoms with Crippen LogP contribution < -0.4 is 16.4 Å². The molecule has 0 aromatic carbocycles. The first-order valence-electron chi connectivity index (χ1n) is 6.79. The van der Waals surface area contributed by atoms with Gasteiger partial charge in [-0.25, -0.2) is 0 Å². The zero-order valence-corrected chi connectivity index (χ0v) is 11.9. The van der Waals surface area contributed by atoms with Gasteiger partial charge in [0.2, 0.25) is 18.2 Å². The van der Waals surface area contributed by atoms with E-state index in [-0.39, 0.29) is 23.8 Å². The quantitative estimate of drug-likeness (QED) is 0.621. The lowest BCUT2D eigenvalue weighted by molar-refractivity contribution is -0.127. The van der Waals surface area contributed by atoms with Crippen molar-refractivity contribution in [1.29, 1.82) is 0 Å². The van der Waals surface area contributed by atoms with E-state index in [1.54, 1.807) is 7.05 Å². The first-order chi connectivity index (χ1) is 9.10. The molecule has 0 saturated heterocycles. The highest BCUT2D eigenvalue weighted by molar-refractivity contribution is 5.79. The maximum Gasteiger partial charge on any atom is 0.222 e. The van der Waals surface area contributed by atoms with Gasteiger partial charge in [-0.15, -0.1) is 0 Å². The number of amides is 3. The summed E-state index contributed by atoms with van der Waals surface area (Å²) in [5.74, 6) is -0.890. The van der Waals surface area contributed by atoms with E-state index in [0.29, 0.717) is 19.3 Å². The molecule has 0 aromatic rings. The van der Waals surface area contributed by atoms with Crippen LogP contribution >= 0.6 is 0 Å². The fourth-order valence-electron chi connectivity index (χ4n) is 2.51. The van der Waals surface area contributed by atoms with Crippen LogP contribution in [0.4, 0.5) is 0 Å². The number of nitrogens with one attached hydrogen (secondary N) is 2. The average Bonchev–Trinajstić information content (AvgIpc) is 2.42. The van der Waals surface area contributed by atoms with Gasteiger partial charge in [-0.05, 0) is 18.8 Å². The normalized spacial score (nSPS) is 25.5. The topological polar surface area (TPSA) is 101 Å². The summed E-state index contributed by atoms with van der Waals surface area (Å²) in [6, 6.07) is -0.323. The summed E-state index contributed by atoms with van der Waals surface area (Å²) < 4.78 is 0. The minimum atomic E-state index is -0.411. The molecule has 3 atom stereocenters. The van der Waals surface area contributed by atoms with Crippen molar-refractivity contribution in [1.82, 2.24) is 10.6 Å². The second-order valence-electron chi connectivity index (χ2n) is 4.39. The molecule has 0 aliphatic heterocycles. The van der Waals surface area contributed by atoms with E-state index in [0.717, 1.165) is 12.8 Å². The van der Waals surface area contributed by atoms with Gasteiger partial charge >= 0.3 is 0 Å². The number of primary amides is 1. The van der Waals surface area contributed by atoms with Gasteiger partial charge in [-0.1, -0.05) is 20.3 Å². The standard InChI is InChI=1S/C11H19N3O3.C2H6/c1-13-9(16)5-7-3-2-4-8(11(12)17)10(7)14-6-15;1-2/h6-8,10H,2-5H2,1H3,(H2,12,17)(H,13,16)(H,14,15);1-2H3. The van der Waals surface area contributed by atoms with Crippen molar-refractivity contribution in [3.8, 4) is 0 Å². The zero-order chi connectivity index (χ0) is 14.8. The maximum absolute atomic E-state index is 11.4. The van der Waals surface area contributed by atoms with Gasteiger partial charge in [0.25, 0.3) is 0 Å². The Hall–Kier alpha value is -1.59. The van der Waals surface area contributed by atoms with Gasteiger partial charge in [0, 0.05) is 19.5 Å². The van der Waals surface area contributed by atoms with Crippen LogP contribution in [0.3, 0.4) is 0 Å². The fraction of sp³-hybridized carbons (Fsp3) is 0.769. The molecule has 1 saturated carbocycles. The molecule has 3 amide bonds. The largest absolute Gasteiger partial charge is 0.369 e. The summed E-state index contributed by atoms with van der Waals surface area (Å²) in [5.41, 5.74) is 5.32. The third-order valence-corrected chi connectivity index (χ3v) is 3.38. The molecule has 0 radical (unpaired) electrons. The molecule has 1 aliphatic carbocycles. The van der Waals surface area contributed by atoms with Crippen molar-refractivity contribution in [2.24, 2.45) is 17.6 Å². The molecular formula is C13H25N3O3. The van der Waals surface area contributed by atoms with Crippen LogP contribution in [-0.4, -0.2) is 31.3 Å². The number of carbonyl (C=O) groups is 3. The highest BCUT2D eigenvalue weighted by Gasteiger charge is 2.36. The average molecular weight is 271 g/mol. The Morgan fingerprint density at radius 3 is 2.42 bits per heavy atom. The predicted octanol–water partition coefficient (Wildman–Crippen LogP) is 0.165. The zero-order valence-electron chi connectivity index (χ0n) is 11.9. The SMILES string of the molecule is CC.CNC(=O)CC1CCCC(C(N)=O)C1NC=O. The van der Waals surface area contributed by atoms with Crippen LogP contribution in [0.1, 0.15) is 39.5 Å². The van der Waals surface area contributed by atoms with Gasteiger partial charge in [0.15, 0.2) is 0 Å².